The van der Waals surface area contributed by atoms with Crippen molar-refractivity contribution in [1.29, 1.82) is 0 Å². The Bertz CT molecular complexity index is 385. The van der Waals surface area contributed by atoms with Gasteiger partial charge in [0.2, 0.25) is 0 Å². The van der Waals surface area contributed by atoms with Gasteiger partial charge < -0.3 is 20.2 Å². The van der Waals surface area contributed by atoms with E-state index in [1.165, 1.54) is 0 Å². The lowest BCUT2D eigenvalue weighted by Gasteiger charge is -2.55. The molecule has 0 bridgehead atoms. The Morgan fingerprint density at radius 1 is 1.24 bits per heavy atom. The fourth-order valence-corrected chi connectivity index (χ4v) is 3.20. The van der Waals surface area contributed by atoms with Crippen molar-refractivity contribution in [3.05, 3.63) is 11.8 Å². The summed E-state index contributed by atoms with van der Waals surface area (Å²) in [4.78, 5) is 2.06. The van der Waals surface area contributed by atoms with Crippen molar-refractivity contribution in [1.82, 2.24) is 9.32 Å². The second-order valence-electron chi connectivity index (χ2n) is 6.85. The van der Waals surface area contributed by atoms with Gasteiger partial charge in [-0.25, -0.2) is 4.42 Å². The number of nitrogens with zero attached hydrogens (tertiary/aromatic N) is 2. The van der Waals surface area contributed by atoms with Crippen LogP contribution >= 0.6 is 11.8 Å². The van der Waals surface area contributed by atoms with Gasteiger partial charge in [0.25, 0.3) is 0 Å². The monoisotopic (exact) mass is 320 g/mol. The van der Waals surface area contributed by atoms with Gasteiger partial charge >= 0.3 is 0 Å². The molecule has 2 atom stereocenters. The molecule has 1 heterocycles. The molecule has 2 unspecified atom stereocenters. The molecule has 124 valence electrons. The number of aliphatic hydroxyl groups excluding tert-OH is 3. The van der Waals surface area contributed by atoms with Crippen molar-refractivity contribution in [2.24, 2.45) is 0 Å². The third-order valence-electron chi connectivity index (χ3n) is 4.00. The second-order valence-corrected chi connectivity index (χ2v) is 7.19. The van der Waals surface area contributed by atoms with Crippen LogP contribution in [-0.2, 0) is 0 Å². The van der Waals surface area contributed by atoms with E-state index in [4.69, 9.17) is 16.9 Å². The Morgan fingerprint density at radius 2 is 1.81 bits per heavy atom. The van der Waals surface area contributed by atoms with E-state index < -0.39 is 18.8 Å². The number of piperazine rings is 1. The Labute approximate surface area is 132 Å². The minimum atomic E-state index is -1.13. The van der Waals surface area contributed by atoms with Crippen LogP contribution < -0.4 is 0 Å². The summed E-state index contributed by atoms with van der Waals surface area (Å²) in [6.45, 7) is 10.7. The summed E-state index contributed by atoms with van der Waals surface area (Å²) in [5, 5.41) is 28.6. The Morgan fingerprint density at radius 3 is 2.29 bits per heavy atom. The number of rotatable bonds is 5. The zero-order valence-electron chi connectivity index (χ0n) is 13.7. The van der Waals surface area contributed by atoms with E-state index in [2.05, 4.69) is 17.9 Å². The van der Waals surface area contributed by atoms with Crippen molar-refractivity contribution in [2.75, 3.05) is 19.7 Å². The number of allylic oxidation sites excluding steroid dienone is 1. The van der Waals surface area contributed by atoms with Gasteiger partial charge in [0, 0.05) is 24.3 Å². The maximum absolute atomic E-state index is 10.0. The van der Waals surface area contributed by atoms with Crippen molar-refractivity contribution in [3.63, 3.8) is 0 Å². The highest BCUT2D eigenvalue weighted by Gasteiger charge is 2.47. The van der Waals surface area contributed by atoms with Crippen LogP contribution in [0, 0.1) is 0 Å². The molecule has 1 aliphatic heterocycles. The molecule has 0 saturated carbocycles. The lowest BCUT2D eigenvalue weighted by Crippen LogP contribution is -2.64. The topological polar surface area (TPSA) is 67.2 Å². The van der Waals surface area contributed by atoms with Gasteiger partial charge in [0.1, 0.15) is 6.10 Å². The van der Waals surface area contributed by atoms with Gasteiger partial charge in [0.05, 0.1) is 18.2 Å². The van der Waals surface area contributed by atoms with E-state index >= 15 is 0 Å². The summed E-state index contributed by atoms with van der Waals surface area (Å²) in [5.74, 6) is 0. The molecule has 1 saturated heterocycles. The normalized spacial score (nSPS) is 26.9. The summed E-state index contributed by atoms with van der Waals surface area (Å²) < 4.78 is 1.83. The van der Waals surface area contributed by atoms with Crippen LogP contribution in [0.2, 0.25) is 0 Å². The highest BCUT2D eigenvalue weighted by Crippen LogP contribution is 2.40. The molecule has 1 fully saturated rings. The molecule has 0 aromatic carbocycles. The first-order chi connectivity index (χ1) is 9.57. The SMILES string of the molecule is CC/C=C1\N(CC(O)C(O)CO)CC(C)(C)N(Cl)C1(C)C. The number of hydrogen-bond donors (Lipinski definition) is 3. The van der Waals surface area contributed by atoms with Crippen LogP contribution in [-0.4, -0.2) is 67.6 Å². The van der Waals surface area contributed by atoms with E-state index in [0.29, 0.717) is 6.54 Å². The van der Waals surface area contributed by atoms with Crippen molar-refractivity contribution in [2.45, 2.75) is 64.3 Å². The highest BCUT2D eigenvalue weighted by atomic mass is 35.5. The molecule has 0 aliphatic carbocycles. The molecule has 5 nitrogen and oxygen atoms in total. The van der Waals surface area contributed by atoms with E-state index in [-0.39, 0.29) is 17.6 Å². The van der Waals surface area contributed by atoms with E-state index in [1.54, 1.807) is 0 Å². The van der Waals surface area contributed by atoms with Crippen molar-refractivity contribution >= 4 is 11.8 Å². The first kappa shape index (κ1) is 18.7. The predicted octanol–water partition coefficient (Wildman–Crippen LogP) is 1.32. The zero-order chi connectivity index (χ0) is 16.4. The van der Waals surface area contributed by atoms with Gasteiger partial charge in [-0.2, -0.15) is 0 Å². The lowest BCUT2D eigenvalue weighted by atomic mass is 9.87. The summed E-state index contributed by atoms with van der Waals surface area (Å²) in [7, 11) is 0. The molecule has 0 spiro atoms. The van der Waals surface area contributed by atoms with Gasteiger partial charge in [0.15, 0.2) is 0 Å². The van der Waals surface area contributed by atoms with Crippen LogP contribution in [0.5, 0.6) is 0 Å². The Hall–Kier alpha value is -0.330. The van der Waals surface area contributed by atoms with E-state index in [9.17, 15) is 10.2 Å². The van der Waals surface area contributed by atoms with Gasteiger partial charge in [-0.3, -0.25) is 0 Å². The van der Waals surface area contributed by atoms with Crippen molar-refractivity contribution < 1.29 is 15.3 Å². The first-order valence-corrected chi connectivity index (χ1v) is 7.80. The number of halogens is 1. The average molecular weight is 321 g/mol. The molecule has 1 rings (SSSR count). The third-order valence-corrected chi connectivity index (χ3v) is 4.88. The number of aliphatic hydroxyl groups is 3. The maximum atomic E-state index is 10.0. The fraction of sp³-hybridized carbons (Fsp3) is 0.867. The third kappa shape index (κ3) is 3.90. The highest BCUT2D eigenvalue weighted by molar-refractivity contribution is 6.14. The smallest absolute Gasteiger partial charge is 0.105 e. The minimum Gasteiger partial charge on any atom is -0.394 e. The molecule has 0 aromatic heterocycles. The molecule has 1 aliphatic rings. The Balaban J connectivity index is 3.07. The van der Waals surface area contributed by atoms with Crippen LogP contribution in [0.3, 0.4) is 0 Å². The standard InChI is InChI=1S/C15H29ClN2O3/c1-6-7-13-15(4,5)18(16)14(2,3)10-17(13)8-11(20)12(21)9-19/h7,11-12,19-21H,6,8-10H2,1-5H3/b13-7-. The molecular formula is C15H29ClN2O3. The molecule has 21 heavy (non-hydrogen) atoms. The van der Waals surface area contributed by atoms with Crippen LogP contribution in [0.1, 0.15) is 41.0 Å². The van der Waals surface area contributed by atoms with Gasteiger partial charge in [-0.15, -0.1) is 0 Å². The summed E-state index contributed by atoms with van der Waals surface area (Å²) in [6, 6.07) is 0. The summed E-state index contributed by atoms with van der Waals surface area (Å²) in [6.07, 6.45) is 0.832. The molecular weight excluding hydrogens is 292 g/mol. The van der Waals surface area contributed by atoms with Crippen LogP contribution in [0.15, 0.2) is 11.8 Å². The lowest BCUT2D eigenvalue weighted by molar-refractivity contribution is -0.0441. The zero-order valence-corrected chi connectivity index (χ0v) is 14.4. The quantitative estimate of drug-likeness (QED) is 0.667. The maximum Gasteiger partial charge on any atom is 0.105 e. The molecule has 0 aromatic rings. The largest absolute Gasteiger partial charge is 0.394 e. The second kappa shape index (κ2) is 6.84. The fourth-order valence-electron chi connectivity index (χ4n) is 3.06. The molecule has 3 N–H and O–H groups in total. The van der Waals surface area contributed by atoms with Crippen LogP contribution in [0.4, 0.5) is 0 Å². The number of β-amino-alcohol motifs (C(OH)–C–C–N with tert-alkyl or cyclic N) is 1. The van der Waals surface area contributed by atoms with E-state index in [0.717, 1.165) is 12.1 Å². The molecule has 0 amide bonds. The van der Waals surface area contributed by atoms with E-state index in [1.807, 2.05) is 32.1 Å². The van der Waals surface area contributed by atoms with Crippen molar-refractivity contribution in [3.8, 4) is 0 Å². The minimum absolute atomic E-state index is 0.269. The molecule has 6 heteroatoms. The Kier molecular flexibility index (Phi) is 6.09. The van der Waals surface area contributed by atoms with Gasteiger partial charge in [-0.1, -0.05) is 13.0 Å². The summed E-state index contributed by atoms with van der Waals surface area (Å²) in [5.41, 5.74) is 0.368. The molecule has 0 radical (unpaired) electrons. The first-order valence-electron chi connectivity index (χ1n) is 7.46. The van der Waals surface area contributed by atoms with Crippen LogP contribution in [0.25, 0.3) is 0 Å². The summed E-state index contributed by atoms with van der Waals surface area (Å²) >= 11 is 6.54. The average Bonchev–Trinajstić information content (AvgIpc) is 2.40. The predicted molar refractivity (Wildman–Crippen MR) is 84.9 cm³/mol. The van der Waals surface area contributed by atoms with Gasteiger partial charge in [-0.05, 0) is 45.9 Å². The number of hydrogen-bond acceptors (Lipinski definition) is 5.